The fourth-order valence-electron chi connectivity index (χ4n) is 3.41. The van der Waals surface area contributed by atoms with Crippen LogP contribution in [0.25, 0.3) is 11.3 Å². The molecule has 3 heterocycles. The highest BCUT2D eigenvalue weighted by Gasteiger charge is 2.32. The molecule has 1 amide bonds. The van der Waals surface area contributed by atoms with Gasteiger partial charge in [-0.25, -0.2) is 13.4 Å². The zero-order valence-corrected chi connectivity index (χ0v) is 18.7. The lowest BCUT2D eigenvalue weighted by atomic mass is 10.2. The number of sulfonamides is 1. The minimum absolute atomic E-state index is 0.152. The molecule has 1 fully saturated rings. The van der Waals surface area contributed by atoms with Crippen LogP contribution in [-0.2, 0) is 14.8 Å². The van der Waals surface area contributed by atoms with Crippen molar-refractivity contribution >= 4 is 32.4 Å². The molecule has 1 aliphatic heterocycles. The molecular formula is C21H22N4O4S2. The normalized spacial score (nSPS) is 19.8. The predicted octanol–water partition coefficient (Wildman–Crippen LogP) is 3.26. The van der Waals surface area contributed by atoms with Gasteiger partial charge in [0, 0.05) is 42.0 Å². The summed E-state index contributed by atoms with van der Waals surface area (Å²) in [6, 6.07) is 9.62. The summed E-state index contributed by atoms with van der Waals surface area (Å²) in [6.07, 6.45) is 3.03. The Morgan fingerprint density at radius 2 is 1.74 bits per heavy atom. The third kappa shape index (κ3) is 4.82. The van der Waals surface area contributed by atoms with Crippen molar-refractivity contribution in [2.45, 2.75) is 31.0 Å². The van der Waals surface area contributed by atoms with Crippen molar-refractivity contribution in [2.75, 3.05) is 18.4 Å². The highest BCUT2D eigenvalue weighted by molar-refractivity contribution is 7.89. The number of carbonyl (C=O) groups is 1. The largest absolute Gasteiger partial charge is 0.373 e. The summed E-state index contributed by atoms with van der Waals surface area (Å²) in [4.78, 5) is 21.1. The Hall–Kier alpha value is -2.66. The van der Waals surface area contributed by atoms with Gasteiger partial charge in [-0.05, 0) is 50.2 Å². The monoisotopic (exact) mass is 458 g/mol. The average Bonchev–Trinajstić information content (AvgIpc) is 3.22. The second kappa shape index (κ2) is 8.83. The van der Waals surface area contributed by atoms with E-state index in [0.717, 1.165) is 11.3 Å². The van der Waals surface area contributed by atoms with Gasteiger partial charge in [-0.15, -0.1) is 11.3 Å². The Morgan fingerprint density at radius 3 is 2.39 bits per heavy atom. The van der Waals surface area contributed by atoms with Gasteiger partial charge in [0.15, 0.2) is 5.13 Å². The number of hydrogen-bond donors (Lipinski definition) is 1. The molecule has 8 nitrogen and oxygen atoms in total. The molecule has 2 unspecified atom stereocenters. The van der Waals surface area contributed by atoms with E-state index in [1.807, 2.05) is 31.4 Å². The van der Waals surface area contributed by atoms with Crippen LogP contribution in [0.4, 0.5) is 5.13 Å². The Morgan fingerprint density at radius 1 is 1.10 bits per heavy atom. The third-order valence-electron chi connectivity index (χ3n) is 4.84. The van der Waals surface area contributed by atoms with E-state index in [0.29, 0.717) is 23.8 Å². The van der Waals surface area contributed by atoms with Gasteiger partial charge in [-0.1, -0.05) is 0 Å². The summed E-state index contributed by atoms with van der Waals surface area (Å²) in [5.74, 6) is -0.354. The summed E-state index contributed by atoms with van der Waals surface area (Å²) in [7, 11) is -3.65. The summed E-state index contributed by atoms with van der Waals surface area (Å²) in [6.45, 7) is 4.31. The molecule has 3 aromatic rings. The topological polar surface area (TPSA) is 101 Å². The molecule has 0 saturated carbocycles. The van der Waals surface area contributed by atoms with E-state index in [1.165, 1.54) is 39.9 Å². The smallest absolute Gasteiger partial charge is 0.257 e. The van der Waals surface area contributed by atoms with Crippen LogP contribution in [-0.4, -0.2) is 53.9 Å². The fourth-order valence-corrected chi connectivity index (χ4v) is 5.72. The van der Waals surface area contributed by atoms with Crippen molar-refractivity contribution in [3.05, 3.63) is 59.7 Å². The van der Waals surface area contributed by atoms with Crippen molar-refractivity contribution in [2.24, 2.45) is 0 Å². The lowest BCUT2D eigenvalue weighted by Crippen LogP contribution is -2.48. The van der Waals surface area contributed by atoms with Gasteiger partial charge in [0.25, 0.3) is 5.91 Å². The molecule has 0 spiro atoms. The Labute approximate surface area is 185 Å². The van der Waals surface area contributed by atoms with Crippen LogP contribution in [0.2, 0.25) is 0 Å². The van der Waals surface area contributed by atoms with Gasteiger partial charge < -0.3 is 4.74 Å². The number of morpholine rings is 1. The number of nitrogens with one attached hydrogen (secondary N) is 1. The van der Waals surface area contributed by atoms with Crippen molar-refractivity contribution in [1.82, 2.24) is 14.3 Å². The van der Waals surface area contributed by atoms with Crippen LogP contribution >= 0.6 is 11.3 Å². The lowest BCUT2D eigenvalue weighted by molar-refractivity contribution is -0.0440. The molecule has 1 saturated heterocycles. The highest BCUT2D eigenvalue weighted by atomic mass is 32.2. The number of nitrogens with zero attached hydrogens (tertiary/aromatic N) is 3. The van der Waals surface area contributed by atoms with Gasteiger partial charge in [0.1, 0.15) is 0 Å². The predicted molar refractivity (Wildman–Crippen MR) is 119 cm³/mol. The van der Waals surface area contributed by atoms with E-state index >= 15 is 0 Å². The molecule has 2 aromatic heterocycles. The first-order valence-corrected chi connectivity index (χ1v) is 12.1. The van der Waals surface area contributed by atoms with Crippen LogP contribution < -0.4 is 5.32 Å². The molecule has 4 rings (SSSR count). The third-order valence-corrected chi connectivity index (χ3v) is 7.44. The van der Waals surface area contributed by atoms with Crippen LogP contribution in [0.15, 0.2) is 59.1 Å². The van der Waals surface area contributed by atoms with Crippen LogP contribution in [0, 0.1) is 0 Å². The number of aromatic nitrogens is 2. The molecule has 10 heteroatoms. The number of pyridine rings is 1. The highest BCUT2D eigenvalue weighted by Crippen LogP contribution is 2.25. The molecule has 0 bridgehead atoms. The van der Waals surface area contributed by atoms with Crippen molar-refractivity contribution in [3.8, 4) is 11.3 Å². The van der Waals surface area contributed by atoms with Crippen molar-refractivity contribution in [3.63, 3.8) is 0 Å². The van der Waals surface area contributed by atoms with Gasteiger partial charge in [0.2, 0.25) is 10.0 Å². The Balaban J connectivity index is 1.45. The molecule has 0 radical (unpaired) electrons. The van der Waals surface area contributed by atoms with Crippen LogP contribution in [0.5, 0.6) is 0 Å². The fraction of sp³-hybridized carbons (Fsp3) is 0.286. The maximum absolute atomic E-state index is 12.9. The molecule has 2 atom stereocenters. The minimum atomic E-state index is -3.65. The molecule has 1 N–H and O–H groups in total. The van der Waals surface area contributed by atoms with Crippen molar-refractivity contribution < 1.29 is 17.9 Å². The zero-order valence-electron chi connectivity index (χ0n) is 17.1. The number of rotatable bonds is 5. The quantitative estimate of drug-likeness (QED) is 0.630. The maximum atomic E-state index is 12.9. The summed E-state index contributed by atoms with van der Waals surface area (Å²) >= 11 is 1.32. The number of ether oxygens (including phenoxy) is 1. The summed E-state index contributed by atoms with van der Waals surface area (Å²) in [5.41, 5.74) is 2.01. The van der Waals surface area contributed by atoms with E-state index in [2.05, 4.69) is 15.3 Å². The number of anilines is 1. The summed E-state index contributed by atoms with van der Waals surface area (Å²) < 4.78 is 32.9. The first-order chi connectivity index (χ1) is 14.8. The van der Waals surface area contributed by atoms with Gasteiger partial charge in [-0.3, -0.25) is 15.1 Å². The Kier molecular flexibility index (Phi) is 6.15. The standard InChI is InChI=1S/C21H22N4O4S2/c1-14-11-25(12-15(2)29-14)31(27,28)18-5-3-17(4-6-18)20(26)24-21-23-19(13-30-21)16-7-9-22-10-8-16/h3-10,13-15H,11-12H2,1-2H3,(H,23,24,26). The molecule has 1 aromatic carbocycles. The first-order valence-electron chi connectivity index (χ1n) is 9.76. The van der Waals surface area contributed by atoms with Crippen LogP contribution in [0.1, 0.15) is 24.2 Å². The molecule has 1 aliphatic rings. The first kappa shape index (κ1) is 21.6. The number of benzene rings is 1. The lowest BCUT2D eigenvalue weighted by Gasteiger charge is -2.34. The maximum Gasteiger partial charge on any atom is 0.257 e. The molecule has 162 valence electrons. The van der Waals surface area contributed by atoms with E-state index in [-0.39, 0.29) is 23.0 Å². The van der Waals surface area contributed by atoms with Crippen molar-refractivity contribution in [1.29, 1.82) is 0 Å². The second-order valence-corrected chi connectivity index (χ2v) is 10.1. The van der Waals surface area contributed by atoms with E-state index in [1.54, 1.807) is 12.4 Å². The molecule has 31 heavy (non-hydrogen) atoms. The molecular weight excluding hydrogens is 436 g/mol. The van der Waals surface area contributed by atoms with Gasteiger partial charge in [-0.2, -0.15) is 4.31 Å². The number of thiazole rings is 1. The van der Waals surface area contributed by atoms with E-state index < -0.39 is 10.0 Å². The SMILES string of the molecule is CC1CN(S(=O)(=O)c2ccc(C(=O)Nc3nc(-c4ccncc4)cs3)cc2)CC(C)O1. The van der Waals surface area contributed by atoms with E-state index in [4.69, 9.17) is 4.74 Å². The van der Waals surface area contributed by atoms with Gasteiger partial charge >= 0.3 is 0 Å². The summed E-state index contributed by atoms with van der Waals surface area (Å²) in [5, 5.41) is 5.07. The number of hydrogen-bond acceptors (Lipinski definition) is 7. The molecule has 0 aliphatic carbocycles. The average molecular weight is 459 g/mol. The van der Waals surface area contributed by atoms with Crippen LogP contribution in [0.3, 0.4) is 0 Å². The van der Waals surface area contributed by atoms with E-state index in [9.17, 15) is 13.2 Å². The second-order valence-electron chi connectivity index (χ2n) is 7.33. The minimum Gasteiger partial charge on any atom is -0.373 e. The zero-order chi connectivity index (χ0) is 22.0. The van der Waals surface area contributed by atoms with Gasteiger partial charge in [0.05, 0.1) is 22.8 Å². The number of carbonyl (C=O) groups excluding carboxylic acids is 1. The number of amides is 1. The Bertz CT molecular complexity index is 1150.